The fourth-order valence-corrected chi connectivity index (χ4v) is 2.63. The molecule has 2 heterocycles. The van der Waals surface area contributed by atoms with Crippen LogP contribution < -0.4 is 5.32 Å². The summed E-state index contributed by atoms with van der Waals surface area (Å²) in [6.45, 7) is 3.50. The van der Waals surface area contributed by atoms with Crippen LogP contribution in [0.3, 0.4) is 0 Å². The van der Waals surface area contributed by atoms with Gasteiger partial charge < -0.3 is 19.5 Å². The number of carbonyl (C=O) groups excluding carboxylic acids is 2. The highest BCUT2D eigenvalue weighted by molar-refractivity contribution is 7.12. The van der Waals surface area contributed by atoms with Crippen molar-refractivity contribution in [1.29, 1.82) is 0 Å². The first-order chi connectivity index (χ1) is 11.2. The lowest BCUT2D eigenvalue weighted by molar-refractivity contribution is -0.117. The molecule has 23 heavy (non-hydrogen) atoms. The first kappa shape index (κ1) is 17.2. The molecule has 2 aromatic heterocycles. The van der Waals surface area contributed by atoms with E-state index in [0.29, 0.717) is 36.9 Å². The van der Waals surface area contributed by atoms with E-state index in [0.717, 1.165) is 0 Å². The summed E-state index contributed by atoms with van der Waals surface area (Å²) in [6, 6.07) is 5.10. The van der Waals surface area contributed by atoms with Crippen LogP contribution in [-0.2, 0) is 9.53 Å². The Morgan fingerprint density at radius 1 is 1.43 bits per heavy atom. The Labute approximate surface area is 138 Å². The van der Waals surface area contributed by atoms with Crippen LogP contribution in [0.2, 0.25) is 0 Å². The van der Waals surface area contributed by atoms with Crippen LogP contribution in [0.1, 0.15) is 23.0 Å². The first-order valence-electron chi connectivity index (χ1n) is 7.31. The van der Waals surface area contributed by atoms with Gasteiger partial charge in [-0.1, -0.05) is 11.2 Å². The maximum Gasteiger partial charge on any atom is 0.264 e. The molecule has 0 radical (unpaired) electrons. The van der Waals surface area contributed by atoms with E-state index in [9.17, 15) is 9.59 Å². The van der Waals surface area contributed by atoms with Crippen molar-refractivity contribution in [1.82, 2.24) is 10.1 Å². The summed E-state index contributed by atoms with van der Waals surface area (Å²) >= 11 is 1.35. The number of rotatable bonds is 9. The third-order valence-electron chi connectivity index (χ3n) is 2.98. The highest BCUT2D eigenvalue weighted by Crippen LogP contribution is 2.13. The Bertz CT molecular complexity index is 598. The molecule has 0 aromatic carbocycles. The summed E-state index contributed by atoms with van der Waals surface area (Å²) < 4.78 is 9.94. The molecule has 0 bridgehead atoms. The highest BCUT2D eigenvalue weighted by Gasteiger charge is 2.19. The summed E-state index contributed by atoms with van der Waals surface area (Å²) in [5.41, 5.74) is 0. The molecular weight excluding hydrogens is 318 g/mol. The summed E-state index contributed by atoms with van der Waals surface area (Å²) in [7, 11) is 0. The van der Waals surface area contributed by atoms with Gasteiger partial charge in [-0.15, -0.1) is 11.3 Å². The molecule has 124 valence electrons. The number of nitrogens with zero attached hydrogens (tertiary/aromatic N) is 2. The minimum Gasteiger partial charge on any atom is -0.382 e. The third kappa shape index (κ3) is 5.50. The van der Waals surface area contributed by atoms with Gasteiger partial charge in [0.15, 0.2) is 5.82 Å². The van der Waals surface area contributed by atoms with E-state index in [-0.39, 0.29) is 18.4 Å². The van der Waals surface area contributed by atoms with E-state index in [1.807, 2.05) is 18.4 Å². The van der Waals surface area contributed by atoms with Gasteiger partial charge in [0.1, 0.15) is 12.8 Å². The summed E-state index contributed by atoms with van der Waals surface area (Å²) in [6.07, 6.45) is 2.04. The number of amides is 2. The molecule has 7 nitrogen and oxygen atoms in total. The second-order valence-corrected chi connectivity index (χ2v) is 5.64. The number of carbonyl (C=O) groups is 2. The standard InChI is InChI=1S/C15H19N3O4S/c1-2-21-8-4-7-18(15(20)12-5-3-10-23-12)11-14(19)16-13-6-9-22-17-13/h3,5-6,9-10H,2,4,7-8,11H2,1H3,(H,16,17,19). The minimum atomic E-state index is -0.319. The van der Waals surface area contributed by atoms with Crippen molar-refractivity contribution in [2.45, 2.75) is 13.3 Å². The van der Waals surface area contributed by atoms with Gasteiger partial charge in [-0.05, 0) is 24.8 Å². The average molecular weight is 337 g/mol. The zero-order valence-corrected chi connectivity index (χ0v) is 13.7. The number of nitrogens with one attached hydrogen (secondary N) is 1. The number of ether oxygens (including phenoxy) is 1. The molecule has 2 amide bonds. The van der Waals surface area contributed by atoms with Crippen LogP contribution in [0.15, 0.2) is 34.4 Å². The average Bonchev–Trinajstić information content (AvgIpc) is 3.22. The normalized spacial score (nSPS) is 10.5. The van der Waals surface area contributed by atoms with Crippen LogP contribution in [-0.4, -0.2) is 48.2 Å². The molecule has 0 aliphatic rings. The van der Waals surface area contributed by atoms with Crippen LogP contribution >= 0.6 is 11.3 Å². The molecule has 0 aliphatic heterocycles. The van der Waals surface area contributed by atoms with E-state index >= 15 is 0 Å². The van der Waals surface area contributed by atoms with Crippen molar-refractivity contribution in [3.63, 3.8) is 0 Å². The topological polar surface area (TPSA) is 84.7 Å². The van der Waals surface area contributed by atoms with Crippen LogP contribution in [0.25, 0.3) is 0 Å². The van der Waals surface area contributed by atoms with E-state index in [4.69, 9.17) is 4.74 Å². The van der Waals surface area contributed by atoms with Crippen molar-refractivity contribution >= 4 is 29.0 Å². The van der Waals surface area contributed by atoms with Crippen molar-refractivity contribution in [3.05, 3.63) is 34.7 Å². The Hall–Kier alpha value is -2.19. The molecule has 8 heteroatoms. The maximum absolute atomic E-state index is 12.5. The number of aromatic nitrogens is 1. The van der Waals surface area contributed by atoms with Gasteiger partial charge in [0.05, 0.1) is 4.88 Å². The molecule has 2 aromatic rings. The predicted molar refractivity (Wildman–Crippen MR) is 86.5 cm³/mol. The Kier molecular flexibility index (Phi) is 6.76. The molecule has 0 saturated carbocycles. The van der Waals surface area contributed by atoms with Crippen molar-refractivity contribution in [3.8, 4) is 0 Å². The fraction of sp³-hybridized carbons (Fsp3) is 0.400. The lowest BCUT2D eigenvalue weighted by Gasteiger charge is -2.21. The fourth-order valence-electron chi connectivity index (χ4n) is 1.94. The number of hydrogen-bond acceptors (Lipinski definition) is 6. The molecule has 0 saturated heterocycles. The molecule has 1 N–H and O–H groups in total. The lowest BCUT2D eigenvalue weighted by atomic mass is 10.3. The Morgan fingerprint density at radius 3 is 2.96 bits per heavy atom. The molecule has 0 atom stereocenters. The van der Waals surface area contributed by atoms with Gasteiger partial charge in [0, 0.05) is 25.8 Å². The van der Waals surface area contributed by atoms with Crippen LogP contribution in [0.4, 0.5) is 5.82 Å². The summed E-state index contributed by atoms with van der Waals surface area (Å²) in [5, 5.41) is 8.04. The molecule has 2 rings (SSSR count). The van der Waals surface area contributed by atoms with Crippen molar-refractivity contribution < 1.29 is 18.8 Å². The van der Waals surface area contributed by atoms with Gasteiger partial charge in [0.25, 0.3) is 5.91 Å². The molecule has 0 aliphatic carbocycles. The minimum absolute atomic E-state index is 0.0459. The quantitative estimate of drug-likeness (QED) is 0.709. The van der Waals surface area contributed by atoms with Gasteiger partial charge in [-0.3, -0.25) is 9.59 Å². The van der Waals surface area contributed by atoms with Crippen molar-refractivity contribution in [2.24, 2.45) is 0 Å². The predicted octanol–water partition coefficient (Wildman–Crippen LogP) is 2.24. The lowest BCUT2D eigenvalue weighted by Crippen LogP contribution is -2.38. The van der Waals surface area contributed by atoms with Crippen molar-refractivity contribution in [2.75, 3.05) is 31.6 Å². The molecular formula is C15H19N3O4S. The highest BCUT2D eigenvalue weighted by atomic mass is 32.1. The second kappa shape index (κ2) is 9.06. The third-order valence-corrected chi connectivity index (χ3v) is 3.84. The SMILES string of the molecule is CCOCCCN(CC(=O)Nc1ccon1)C(=O)c1cccs1. The number of anilines is 1. The summed E-state index contributed by atoms with van der Waals surface area (Å²) in [5.74, 6) is -0.153. The number of hydrogen-bond donors (Lipinski definition) is 1. The Morgan fingerprint density at radius 2 is 2.30 bits per heavy atom. The van der Waals surface area contributed by atoms with E-state index in [1.54, 1.807) is 12.1 Å². The van der Waals surface area contributed by atoms with E-state index < -0.39 is 0 Å². The largest absolute Gasteiger partial charge is 0.382 e. The molecule has 0 spiro atoms. The first-order valence-corrected chi connectivity index (χ1v) is 8.19. The Balaban J connectivity index is 1.94. The molecule has 0 unspecified atom stereocenters. The summed E-state index contributed by atoms with van der Waals surface area (Å²) in [4.78, 5) is 26.7. The van der Waals surface area contributed by atoms with Crippen LogP contribution in [0, 0.1) is 0 Å². The van der Waals surface area contributed by atoms with E-state index in [2.05, 4.69) is 15.0 Å². The monoisotopic (exact) mass is 337 g/mol. The zero-order valence-electron chi connectivity index (χ0n) is 12.9. The zero-order chi connectivity index (χ0) is 16.5. The van der Waals surface area contributed by atoms with Gasteiger partial charge in [-0.2, -0.15) is 0 Å². The van der Waals surface area contributed by atoms with Crippen LogP contribution in [0.5, 0.6) is 0 Å². The number of thiophene rings is 1. The van der Waals surface area contributed by atoms with Gasteiger partial charge >= 0.3 is 0 Å². The maximum atomic E-state index is 12.5. The van der Waals surface area contributed by atoms with E-state index in [1.165, 1.54) is 22.5 Å². The van der Waals surface area contributed by atoms with Gasteiger partial charge in [0.2, 0.25) is 5.91 Å². The smallest absolute Gasteiger partial charge is 0.264 e. The molecule has 0 fully saturated rings. The van der Waals surface area contributed by atoms with Gasteiger partial charge in [-0.25, -0.2) is 0 Å². The second-order valence-electron chi connectivity index (χ2n) is 4.69.